The Morgan fingerprint density at radius 3 is 2.33 bits per heavy atom. The quantitative estimate of drug-likeness (QED) is 0.830. The van der Waals surface area contributed by atoms with Crippen LogP contribution in [-0.4, -0.2) is 15.0 Å². The third-order valence-corrected chi connectivity index (χ3v) is 4.44. The number of sulfonamides is 1. The molecular formula is C14H14F2N2O2S. The lowest BCUT2D eigenvalue weighted by Crippen LogP contribution is -2.27. The van der Waals surface area contributed by atoms with Crippen molar-refractivity contribution in [3.63, 3.8) is 0 Å². The SMILES string of the molecule is Nc1cccc(F)c1S(=O)(=O)NCCc1ccc(F)cc1. The topological polar surface area (TPSA) is 72.2 Å². The molecule has 2 aromatic carbocycles. The molecule has 0 unspecified atom stereocenters. The third-order valence-electron chi connectivity index (χ3n) is 2.89. The van der Waals surface area contributed by atoms with E-state index >= 15 is 0 Å². The predicted octanol–water partition coefficient (Wildman–Crippen LogP) is 2.07. The van der Waals surface area contributed by atoms with Crippen molar-refractivity contribution in [1.29, 1.82) is 0 Å². The van der Waals surface area contributed by atoms with Crippen molar-refractivity contribution >= 4 is 15.7 Å². The molecule has 0 saturated heterocycles. The van der Waals surface area contributed by atoms with Gasteiger partial charge in [-0.15, -0.1) is 0 Å². The Hall–Kier alpha value is -1.99. The van der Waals surface area contributed by atoms with Crippen molar-refractivity contribution in [3.05, 3.63) is 59.7 Å². The Bertz CT molecular complexity index is 711. The molecule has 0 aromatic heterocycles. The lowest BCUT2D eigenvalue weighted by atomic mass is 10.1. The van der Waals surface area contributed by atoms with Crippen LogP contribution in [0.15, 0.2) is 47.4 Å². The van der Waals surface area contributed by atoms with E-state index in [2.05, 4.69) is 4.72 Å². The standard InChI is InChI=1S/C14H14F2N2O2S/c15-11-6-4-10(5-7-11)8-9-18-21(19,20)14-12(16)2-1-3-13(14)17/h1-7,18H,8-9,17H2. The minimum atomic E-state index is -4.02. The normalized spacial score (nSPS) is 11.5. The Kier molecular flexibility index (Phi) is 4.54. The third kappa shape index (κ3) is 3.77. The van der Waals surface area contributed by atoms with Gasteiger partial charge in [0.1, 0.15) is 16.5 Å². The summed E-state index contributed by atoms with van der Waals surface area (Å²) in [4.78, 5) is -0.552. The molecule has 2 rings (SSSR count). The zero-order valence-corrected chi connectivity index (χ0v) is 11.8. The first-order chi connectivity index (χ1) is 9.90. The molecule has 7 heteroatoms. The van der Waals surface area contributed by atoms with Gasteiger partial charge in [0.2, 0.25) is 10.0 Å². The fourth-order valence-electron chi connectivity index (χ4n) is 1.86. The summed E-state index contributed by atoms with van der Waals surface area (Å²) in [6.07, 6.45) is 0.355. The molecular weight excluding hydrogens is 298 g/mol. The van der Waals surface area contributed by atoms with E-state index in [0.717, 1.165) is 11.6 Å². The van der Waals surface area contributed by atoms with Gasteiger partial charge in [-0.3, -0.25) is 0 Å². The van der Waals surface area contributed by atoms with Crippen LogP contribution >= 0.6 is 0 Å². The highest BCUT2D eigenvalue weighted by atomic mass is 32.2. The van der Waals surface area contributed by atoms with E-state index in [4.69, 9.17) is 5.73 Å². The summed E-state index contributed by atoms with van der Waals surface area (Å²) in [6.45, 7) is 0.0573. The van der Waals surface area contributed by atoms with Gasteiger partial charge in [0, 0.05) is 6.54 Å². The van der Waals surface area contributed by atoms with Crippen LogP contribution in [0.5, 0.6) is 0 Å². The van der Waals surface area contributed by atoms with Crippen molar-refractivity contribution in [2.24, 2.45) is 0 Å². The molecule has 0 spiro atoms. The molecule has 0 amide bonds. The summed E-state index contributed by atoms with van der Waals surface area (Å²) < 4.78 is 52.7. The second-order valence-electron chi connectivity index (χ2n) is 4.43. The summed E-state index contributed by atoms with van der Waals surface area (Å²) in [5, 5.41) is 0. The molecule has 2 aromatic rings. The van der Waals surface area contributed by atoms with Gasteiger partial charge >= 0.3 is 0 Å². The van der Waals surface area contributed by atoms with Gasteiger partial charge in [-0.05, 0) is 36.2 Å². The van der Waals surface area contributed by atoms with Gasteiger partial charge in [-0.1, -0.05) is 18.2 Å². The maximum atomic E-state index is 13.6. The number of rotatable bonds is 5. The summed E-state index contributed by atoms with van der Waals surface area (Å²) in [5.74, 6) is -1.26. The molecule has 4 nitrogen and oxygen atoms in total. The van der Waals surface area contributed by atoms with Crippen LogP contribution < -0.4 is 10.5 Å². The van der Waals surface area contributed by atoms with Crippen LogP contribution in [0.3, 0.4) is 0 Å². The van der Waals surface area contributed by atoms with Crippen LogP contribution in [0.2, 0.25) is 0 Å². The molecule has 0 heterocycles. The van der Waals surface area contributed by atoms with Crippen molar-refractivity contribution in [1.82, 2.24) is 4.72 Å². The first-order valence-corrected chi connectivity index (χ1v) is 7.66. The largest absolute Gasteiger partial charge is 0.398 e. The summed E-state index contributed by atoms with van der Waals surface area (Å²) >= 11 is 0. The monoisotopic (exact) mass is 312 g/mol. The van der Waals surface area contributed by atoms with Crippen LogP contribution in [0.1, 0.15) is 5.56 Å². The van der Waals surface area contributed by atoms with Crippen molar-refractivity contribution in [2.75, 3.05) is 12.3 Å². The fraction of sp³-hybridized carbons (Fsp3) is 0.143. The lowest BCUT2D eigenvalue weighted by molar-refractivity contribution is 0.558. The molecule has 0 aliphatic heterocycles. The Morgan fingerprint density at radius 2 is 1.71 bits per heavy atom. The zero-order chi connectivity index (χ0) is 15.5. The molecule has 21 heavy (non-hydrogen) atoms. The minimum Gasteiger partial charge on any atom is -0.398 e. The van der Waals surface area contributed by atoms with Crippen molar-refractivity contribution in [3.8, 4) is 0 Å². The van der Waals surface area contributed by atoms with Crippen LogP contribution in [0.25, 0.3) is 0 Å². The van der Waals surface area contributed by atoms with Gasteiger partial charge in [0.15, 0.2) is 0 Å². The zero-order valence-electron chi connectivity index (χ0n) is 11.0. The number of hydrogen-bond donors (Lipinski definition) is 2. The Labute approximate surface area is 121 Å². The first kappa shape index (κ1) is 15.4. The van der Waals surface area contributed by atoms with E-state index in [-0.39, 0.29) is 18.0 Å². The summed E-state index contributed by atoms with van der Waals surface area (Å²) in [7, 11) is -4.02. The second-order valence-corrected chi connectivity index (χ2v) is 6.14. The molecule has 3 N–H and O–H groups in total. The molecule has 0 aliphatic rings. The molecule has 0 bridgehead atoms. The summed E-state index contributed by atoms with van der Waals surface area (Å²) in [6, 6.07) is 9.38. The highest BCUT2D eigenvalue weighted by molar-refractivity contribution is 7.89. The van der Waals surface area contributed by atoms with E-state index in [0.29, 0.717) is 6.42 Å². The maximum Gasteiger partial charge on any atom is 0.245 e. The van der Waals surface area contributed by atoms with Crippen LogP contribution in [0, 0.1) is 11.6 Å². The summed E-state index contributed by atoms with van der Waals surface area (Å²) in [5.41, 5.74) is 6.12. The van der Waals surface area contributed by atoms with Gasteiger partial charge in [0.25, 0.3) is 0 Å². The van der Waals surface area contributed by atoms with Crippen LogP contribution in [0.4, 0.5) is 14.5 Å². The van der Waals surface area contributed by atoms with E-state index < -0.39 is 20.7 Å². The van der Waals surface area contributed by atoms with Gasteiger partial charge in [-0.2, -0.15) is 0 Å². The molecule has 112 valence electrons. The van der Waals surface area contributed by atoms with Gasteiger partial charge in [-0.25, -0.2) is 21.9 Å². The molecule has 0 fully saturated rings. The van der Waals surface area contributed by atoms with Crippen LogP contribution in [-0.2, 0) is 16.4 Å². The minimum absolute atomic E-state index is 0.0573. The van der Waals surface area contributed by atoms with E-state index in [1.807, 2.05) is 0 Å². The molecule has 0 radical (unpaired) electrons. The molecule has 0 saturated carbocycles. The number of nitrogens with two attached hydrogens (primary N) is 1. The smallest absolute Gasteiger partial charge is 0.245 e. The number of halogens is 2. The highest BCUT2D eigenvalue weighted by Gasteiger charge is 2.21. The van der Waals surface area contributed by atoms with Gasteiger partial charge in [0.05, 0.1) is 5.69 Å². The van der Waals surface area contributed by atoms with E-state index in [9.17, 15) is 17.2 Å². The van der Waals surface area contributed by atoms with Crippen molar-refractivity contribution in [2.45, 2.75) is 11.3 Å². The number of nitrogen functional groups attached to an aromatic ring is 1. The highest BCUT2D eigenvalue weighted by Crippen LogP contribution is 2.21. The molecule has 0 atom stereocenters. The van der Waals surface area contributed by atoms with E-state index in [1.54, 1.807) is 12.1 Å². The van der Waals surface area contributed by atoms with E-state index in [1.165, 1.54) is 24.3 Å². The average Bonchev–Trinajstić information content (AvgIpc) is 2.40. The molecule has 0 aliphatic carbocycles. The number of hydrogen-bond acceptors (Lipinski definition) is 3. The number of benzene rings is 2. The average molecular weight is 312 g/mol. The lowest BCUT2D eigenvalue weighted by Gasteiger charge is -2.10. The predicted molar refractivity (Wildman–Crippen MR) is 76.1 cm³/mol. The maximum absolute atomic E-state index is 13.6. The van der Waals surface area contributed by atoms with Crippen molar-refractivity contribution < 1.29 is 17.2 Å². The Morgan fingerprint density at radius 1 is 1.05 bits per heavy atom. The number of nitrogens with one attached hydrogen (secondary N) is 1. The first-order valence-electron chi connectivity index (χ1n) is 6.18. The van der Waals surface area contributed by atoms with Gasteiger partial charge < -0.3 is 5.73 Å². The second kappa shape index (κ2) is 6.19. The Balaban J connectivity index is 2.07. The number of anilines is 1. The fourth-order valence-corrected chi connectivity index (χ4v) is 3.08.